The van der Waals surface area contributed by atoms with Gasteiger partial charge in [0, 0.05) is 5.69 Å². The highest BCUT2D eigenvalue weighted by Gasteiger charge is 2.15. The number of hydrogen-bond donors (Lipinski definition) is 1. The third-order valence-corrected chi connectivity index (χ3v) is 3.09. The normalized spacial score (nSPS) is 10.7. The molecule has 2 aromatic carbocycles. The zero-order valence-electron chi connectivity index (χ0n) is 10.2. The van der Waals surface area contributed by atoms with Crippen molar-refractivity contribution in [1.82, 2.24) is 10.1 Å². The second-order valence-corrected chi connectivity index (χ2v) is 4.55. The van der Waals surface area contributed by atoms with Gasteiger partial charge in [-0.15, -0.1) is 0 Å². The predicted octanol–water partition coefficient (Wildman–Crippen LogP) is 3.78. The Morgan fingerprint density at radius 1 is 1.10 bits per heavy atom. The van der Waals surface area contributed by atoms with Crippen LogP contribution in [0.25, 0.3) is 22.8 Å². The number of anilines is 1. The Balaban J connectivity index is 2.07. The molecule has 0 radical (unpaired) electrons. The largest absolute Gasteiger partial charge is 0.399 e. The summed E-state index contributed by atoms with van der Waals surface area (Å²) in [7, 11) is 0. The lowest BCUT2D eigenvalue weighted by atomic mass is 10.2. The molecule has 0 spiro atoms. The van der Waals surface area contributed by atoms with E-state index in [0.29, 0.717) is 16.3 Å². The number of hydrogen-bond acceptors (Lipinski definition) is 4. The van der Waals surface area contributed by atoms with Gasteiger partial charge in [0.1, 0.15) is 5.82 Å². The van der Waals surface area contributed by atoms with Crippen molar-refractivity contribution in [3.05, 3.63) is 53.3 Å². The van der Waals surface area contributed by atoms with Crippen LogP contribution in [0.15, 0.2) is 47.0 Å². The van der Waals surface area contributed by atoms with Gasteiger partial charge < -0.3 is 10.3 Å². The summed E-state index contributed by atoms with van der Waals surface area (Å²) < 4.78 is 18.8. The molecule has 100 valence electrons. The number of aromatic nitrogens is 2. The van der Waals surface area contributed by atoms with E-state index in [-0.39, 0.29) is 17.3 Å². The first-order valence-corrected chi connectivity index (χ1v) is 6.17. The molecule has 4 nitrogen and oxygen atoms in total. The van der Waals surface area contributed by atoms with Gasteiger partial charge in [-0.05, 0) is 30.3 Å². The molecule has 0 saturated carbocycles. The Hall–Kier alpha value is -2.40. The van der Waals surface area contributed by atoms with Crippen LogP contribution in [-0.2, 0) is 0 Å². The molecule has 2 N–H and O–H groups in total. The molecule has 3 rings (SSSR count). The number of rotatable bonds is 2. The van der Waals surface area contributed by atoms with E-state index < -0.39 is 5.82 Å². The van der Waals surface area contributed by atoms with E-state index >= 15 is 0 Å². The van der Waals surface area contributed by atoms with Crippen LogP contribution in [0.1, 0.15) is 0 Å². The molecule has 0 aliphatic carbocycles. The summed E-state index contributed by atoms with van der Waals surface area (Å²) in [6, 6.07) is 11.1. The Morgan fingerprint density at radius 2 is 1.90 bits per heavy atom. The van der Waals surface area contributed by atoms with E-state index in [1.165, 1.54) is 6.07 Å². The fourth-order valence-electron chi connectivity index (χ4n) is 1.79. The van der Waals surface area contributed by atoms with Gasteiger partial charge in [-0.1, -0.05) is 28.9 Å². The number of nitrogens with zero attached hydrogens (tertiary/aromatic N) is 2. The second kappa shape index (κ2) is 4.94. The standard InChI is InChI=1S/C14H9ClFN3O/c15-11-6-5-8(17)7-10(11)14-18-13(19-20-14)9-3-1-2-4-12(9)16/h1-7H,17H2. The molecule has 20 heavy (non-hydrogen) atoms. The maximum absolute atomic E-state index is 13.7. The van der Waals surface area contributed by atoms with E-state index in [1.54, 1.807) is 36.4 Å². The molecule has 0 amide bonds. The lowest BCUT2D eigenvalue weighted by Gasteiger charge is -1.99. The molecule has 1 aromatic heterocycles. The molecule has 0 aliphatic rings. The average molecular weight is 290 g/mol. The van der Waals surface area contributed by atoms with Crippen molar-refractivity contribution in [2.24, 2.45) is 0 Å². The minimum absolute atomic E-state index is 0.164. The highest BCUT2D eigenvalue weighted by atomic mass is 35.5. The number of halogens is 2. The van der Waals surface area contributed by atoms with Gasteiger partial charge in [0.2, 0.25) is 5.82 Å². The molecule has 1 heterocycles. The van der Waals surface area contributed by atoms with Gasteiger partial charge in [-0.3, -0.25) is 0 Å². The summed E-state index contributed by atoms with van der Waals surface area (Å²) in [5.74, 6) is -0.0596. The number of nitrogens with two attached hydrogens (primary N) is 1. The van der Waals surface area contributed by atoms with Crippen LogP contribution in [0.4, 0.5) is 10.1 Å². The van der Waals surface area contributed by atoms with Crippen LogP contribution in [-0.4, -0.2) is 10.1 Å². The topological polar surface area (TPSA) is 64.9 Å². The van der Waals surface area contributed by atoms with Gasteiger partial charge in [-0.25, -0.2) is 4.39 Å². The van der Waals surface area contributed by atoms with Crippen molar-refractivity contribution in [1.29, 1.82) is 0 Å². The van der Waals surface area contributed by atoms with Crippen LogP contribution in [0.5, 0.6) is 0 Å². The van der Waals surface area contributed by atoms with Crippen molar-refractivity contribution in [2.75, 3.05) is 5.73 Å². The third kappa shape index (κ3) is 2.23. The van der Waals surface area contributed by atoms with Crippen molar-refractivity contribution in [3.8, 4) is 22.8 Å². The lowest BCUT2D eigenvalue weighted by molar-refractivity contribution is 0.432. The zero-order valence-corrected chi connectivity index (χ0v) is 10.9. The first-order valence-electron chi connectivity index (χ1n) is 5.79. The Kier molecular flexibility index (Phi) is 3.12. The van der Waals surface area contributed by atoms with Crippen molar-refractivity contribution < 1.29 is 8.91 Å². The highest BCUT2D eigenvalue weighted by Crippen LogP contribution is 2.30. The quantitative estimate of drug-likeness (QED) is 0.729. The summed E-state index contributed by atoms with van der Waals surface area (Å²) >= 11 is 6.06. The maximum Gasteiger partial charge on any atom is 0.259 e. The second-order valence-electron chi connectivity index (χ2n) is 4.14. The predicted molar refractivity (Wildman–Crippen MR) is 74.6 cm³/mol. The lowest BCUT2D eigenvalue weighted by Crippen LogP contribution is -1.88. The van der Waals surface area contributed by atoms with Crippen LogP contribution >= 0.6 is 11.6 Å². The summed E-state index contributed by atoms with van der Waals surface area (Å²) in [6.45, 7) is 0. The molecular formula is C14H9ClFN3O. The summed E-state index contributed by atoms with van der Waals surface area (Å²) in [6.07, 6.45) is 0. The van der Waals surface area contributed by atoms with Gasteiger partial charge in [0.15, 0.2) is 0 Å². The number of benzene rings is 2. The summed E-state index contributed by atoms with van der Waals surface area (Å²) in [4.78, 5) is 4.16. The minimum atomic E-state index is -0.418. The van der Waals surface area contributed by atoms with Crippen LogP contribution in [0, 0.1) is 5.82 Å². The molecule has 0 saturated heterocycles. The first kappa shape index (κ1) is 12.6. The Morgan fingerprint density at radius 3 is 2.70 bits per heavy atom. The van der Waals surface area contributed by atoms with Gasteiger partial charge >= 0.3 is 0 Å². The third-order valence-electron chi connectivity index (χ3n) is 2.76. The van der Waals surface area contributed by atoms with E-state index in [2.05, 4.69) is 10.1 Å². The van der Waals surface area contributed by atoms with Gasteiger partial charge in [0.25, 0.3) is 5.89 Å². The fourth-order valence-corrected chi connectivity index (χ4v) is 1.99. The molecule has 0 bridgehead atoms. The van der Waals surface area contributed by atoms with Gasteiger partial charge in [0.05, 0.1) is 16.1 Å². The molecule has 0 unspecified atom stereocenters. The van der Waals surface area contributed by atoms with Crippen LogP contribution in [0.2, 0.25) is 5.02 Å². The van der Waals surface area contributed by atoms with Crippen molar-refractivity contribution in [2.45, 2.75) is 0 Å². The van der Waals surface area contributed by atoms with Crippen LogP contribution < -0.4 is 5.73 Å². The summed E-state index contributed by atoms with van der Waals surface area (Å²) in [5, 5.41) is 4.20. The van der Waals surface area contributed by atoms with E-state index in [9.17, 15) is 4.39 Å². The molecule has 0 fully saturated rings. The first-order chi connectivity index (χ1) is 9.65. The molecule has 0 atom stereocenters. The van der Waals surface area contributed by atoms with E-state index in [4.69, 9.17) is 21.9 Å². The minimum Gasteiger partial charge on any atom is -0.399 e. The smallest absolute Gasteiger partial charge is 0.259 e. The highest BCUT2D eigenvalue weighted by molar-refractivity contribution is 6.33. The van der Waals surface area contributed by atoms with Crippen molar-refractivity contribution >= 4 is 17.3 Å². The average Bonchev–Trinajstić information content (AvgIpc) is 2.91. The number of nitrogen functional groups attached to an aromatic ring is 1. The maximum atomic E-state index is 13.7. The zero-order chi connectivity index (χ0) is 14.1. The SMILES string of the molecule is Nc1ccc(Cl)c(-c2nc(-c3ccccc3F)no2)c1. The fraction of sp³-hybridized carbons (Fsp3) is 0. The van der Waals surface area contributed by atoms with E-state index in [0.717, 1.165) is 0 Å². The van der Waals surface area contributed by atoms with Crippen LogP contribution in [0.3, 0.4) is 0 Å². The summed E-state index contributed by atoms with van der Waals surface area (Å²) in [5.41, 5.74) is 7.00. The molecule has 6 heteroatoms. The monoisotopic (exact) mass is 289 g/mol. The molecule has 3 aromatic rings. The molecule has 0 aliphatic heterocycles. The Bertz CT molecular complexity index is 773. The van der Waals surface area contributed by atoms with E-state index in [1.807, 2.05) is 0 Å². The Labute approximate surface area is 119 Å². The van der Waals surface area contributed by atoms with Gasteiger partial charge in [-0.2, -0.15) is 4.98 Å². The molecular weight excluding hydrogens is 281 g/mol. The van der Waals surface area contributed by atoms with Crippen molar-refractivity contribution in [3.63, 3.8) is 0 Å².